The molecule has 7 nitrogen and oxygen atoms in total. The molecule has 0 heterocycles. The molecule has 0 aliphatic rings. The van der Waals surface area contributed by atoms with Crippen LogP contribution < -0.4 is 9.62 Å². The second-order valence-corrected chi connectivity index (χ2v) is 12.5. The highest BCUT2D eigenvalue weighted by Crippen LogP contribution is 2.28. The van der Waals surface area contributed by atoms with Gasteiger partial charge >= 0.3 is 0 Å². The van der Waals surface area contributed by atoms with Gasteiger partial charge in [0.05, 0.1) is 10.6 Å². The van der Waals surface area contributed by atoms with Gasteiger partial charge in [-0.25, -0.2) is 8.42 Å². The Balaban J connectivity index is 1.80. The topological polar surface area (TPSA) is 86.8 Å². The standard InChI is InChI=1S/C32H31Cl2N3O4S/c1-23-9-6-7-14-29(23)37(42(40,41)28-17-15-26(33)16-18-28)22-31(38)36(21-25-12-8-13-27(34)19-25)30(32(39)35-2)20-24-10-4-3-5-11-24/h3-19,30H,20-22H2,1-2H3,(H,35,39). The fourth-order valence-electron chi connectivity index (χ4n) is 4.64. The summed E-state index contributed by atoms with van der Waals surface area (Å²) in [4.78, 5) is 29.0. The number of hydrogen-bond acceptors (Lipinski definition) is 4. The van der Waals surface area contributed by atoms with Crippen LogP contribution in [0, 0.1) is 6.92 Å². The summed E-state index contributed by atoms with van der Waals surface area (Å²) in [5.41, 5.74) is 2.56. The van der Waals surface area contributed by atoms with Crippen LogP contribution in [0.15, 0.2) is 108 Å². The molecule has 1 N–H and O–H groups in total. The SMILES string of the molecule is CNC(=O)C(Cc1ccccc1)N(Cc1cccc(Cl)c1)C(=O)CN(c1ccccc1C)S(=O)(=O)c1ccc(Cl)cc1. The monoisotopic (exact) mass is 623 g/mol. The van der Waals surface area contributed by atoms with E-state index in [9.17, 15) is 18.0 Å². The normalized spacial score (nSPS) is 11.9. The van der Waals surface area contributed by atoms with E-state index < -0.39 is 28.5 Å². The van der Waals surface area contributed by atoms with Gasteiger partial charge in [0.25, 0.3) is 10.0 Å². The van der Waals surface area contributed by atoms with Gasteiger partial charge in [0.1, 0.15) is 12.6 Å². The number of carbonyl (C=O) groups is 2. The summed E-state index contributed by atoms with van der Waals surface area (Å²) in [7, 11) is -2.70. The third-order valence-corrected chi connectivity index (χ3v) is 9.09. The number of rotatable bonds is 11. The highest BCUT2D eigenvalue weighted by molar-refractivity contribution is 7.92. The van der Waals surface area contributed by atoms with Crippen molar-refractivity contribution in [2.24, 2.45) is 0 Å². The number of amides is 2. The second-order valence-electron chi connectivity index (χ2n) is 9.72. The van der Waals surface area contributed by atoms with Crippen molar-refractivity contribution in [2.45, 2.75) is 30.8 Å². The van der Waals surface area contributed by atoms with Crippen molar-refractivity contribution in [1.82, 2.24) is 10.2 Å². The number of nitrogens with one attached hydrogen (secondary N) is 1. The number of aryl methyl sites for hydroxylation is 1. The minimum atomic E-state index is -4.21. The average molecular weight is 625 g/mol. The van der Waals surface area contributed by atoms with Crippen LogP contribution in [-0.2, 0) is 32.6 Å². The van der Waals surface area contributed by atoms with Crippen molar-refractivity contribution in [3.8, 4) is 0 Å². The van der Waals surface area contributed by atoms with Crippen molar-refractivity contribution in [2.75, 3.05) is 17.9 Å². The summed E-state index contributed by atoms with van der Waals surface area (Å²) in [5.74, 6) is -0.933. The zero-order valence-electron chi connectivity index (χ0n) is 23.2. The smallest absolute Gasteiger partial charge is 0.264 e. The molecule has 0 bridgehead atoms. The van der Waals surface area contributed by atoms with Gasteiger partial charge in [0.2, 0.25) is 11.8 Å². The van der Waals surface area contributed by atoms with Crippen LogP contribution >= 0.6 is 23.2 Å². The van der Waals surface area contributed by atoms with E-state index in [-0.39, 0.29) is 23.8 Å². The molecule has 0 radical (unpaired) electrons. The van der Waals surface area contributed by atoms with E-state index in [2.05, 4.69) is 5.32 Å². The molecular weight excluding hydrogens is 593 g/mol. The fraction of sp³-hybridized carbons (Fsp3) is 0.188. The summed E-state index contributed by atoms with van der Waals surface area (Å²) < 4.78 is 29.1. The highest BCUT2D eigenvalue weighted by Gasteiger charge is 2.34. The van der Waals surface area contributed by atoms with Gasteiger partial charge in [0.15, 0.2) is 0 Å². The largest absolute Gasteiger partial charge is 0.357 e. The van der Waals surface area contributed by atoms with Gasteiger partial charge in [0, 0.05) is 30.1 Å². The Morgan fingerprint density at radius 2 is 1.45 bits per heavy atom. The van der Waals surface area contributed by atoms with E-state index in [0.29, 0.717) is 26.9 Å². The van der Waals surface area contributed by atoms with Crippen molar-refractivity contribution < 1.29 is 18.0 Å². The maximum atomic E-state index is 14.3. The number of halogens is 2. The summed E-state index contributed by atoms with van der Waals surface area (Å²) in [6.45, 7) is 1.27. The zero-order valence-corrected chi connectivity index (χ0v) is 25.5. The lowest BCUT2D eigenvalue weighted by molar-refractivity contribution is -0.139. The number of para-hydroxylation sites is 1. The third-order valence-electron chi connectivity index (χ3n) is 6.82. The van der Waals surface area contributed by atoms with Gasteiger partial charge in [-0.05, 0) is 66.1 Å². The molecular formula is C32H31Cl2N3O4S. The average Bonchev–Trinajstić information content (AvgIpc) is 2.98. The fourth-order valence-corrected chi connectivity index (χ4v) is 6.46. The van der Waals surface area contributed by atoms with Crippen LogP contribution in [0.3, 0.4) is 0 Å². The lowest BCUT2D eigenvalue weighted by Crippen LogP contribution is -2.53. The Morgan fingerprint density at radius 1 is 0.810 bits per heavy atom. The first-order chi connectivity index (χ1) is 20.1. The highest BCUT2D eigenvalue weighted by atomic mass is 35.5. The minimum absolute atomic E-state index is 0.0171. The molecule has 0 aliphatic carbocycles. The predicted molar refractivity (Wildman–Crippen MR) is 167 cm³/mol. The lowest BCUT2D eigenvalue weighted by Gasteiger charge is -2.34. The minimum Gasteiger partial charge on any atom is -0.357 e. The Hall–Kier alpha value is -3.85. The number of nitrogens with zero attached hydrogens (tertiary/aromatic N) is 2. The number of anilines is 1. The zero-order chi connectivity index (χ0) is 30.3. The van der Waals surface area contributed by atoms with Crippen LogP contribution in [0.25, 0.3) is 0 Å². The molecule has 0 saturated heterocycles. The van der Waals surface area contributed by atoms with E-state index in [4.69, 9.17) is 23.2 Å². The summed E-state index contributed by atoms with van der Waals surface area (Å²) in [5, 5.41) is 3.53. The van der Waals surface area contributed by atoms with Crippen LogP contribution in [-0.4, -0.2) is 44.8 Å². The Morgan fingerprint density at radius 3 is 2.10 bits per heavy atom. The predicted octanol–water partition coefficient (Wildman–Crippen LogP) is 5.88. The number of sulfonamides is 1. The third kappa shape index (κ3) is 7.50. The van der Waals surface area contributed by atoms with Crippen molar-refractivity contribution in [3.05, 3.63) is 130 Å². The van der Waals surface area contributed by atoms with Crippen LogP contribution in [0.5, 0.6) is 0 Å². The molecule has 0 aromatic heterocycles. The quantitative estimate of drug-likeness (QED) is 0.226. The molecule has 0 spiro atoms. The van der Waals surface area contributed by atoms with Crippen LogP contribution in [0.4, 0.5) is 5.69 Å². The van der Waals surface area contributed by atoms with Crippen molar-refractivity contribution in [3.63, 3.8) is 0 Å². The van der Waals surface area contributed by atoms with Crippen molar-refractivity contribution >= 4 is 50.7 Å². The first kappa shape index (κ1) is 31.1. The lowest BCUT2D eigenvalue weighted by atomic mass is 10.0. The van der Waals surface area contributed by atoms with E-state index >= 15 is 0 Å². The molecule has 0 aliphatic heterocycles. The van der Waals surface area contributed by atoms with Gasteiger partial charge in [-0.2, -0.15) is 0 Å². The maximum absolute atomic E-state index is 14.3. The number of likely N-dealkylation sites (N-methyl/N-ethyl adjacent to an activating group) is 1. The van der Waals surface area contributed by atoms with Gasteiger partial charge in [-0.3, -0.25) is 13.9 Å². The number of hydrogen-bond donors (Lipinski definition) is 1. The van der Waals surface area contributed by atoms with Gasteiger partial charge in [-0.1, -0.05) is 83.9 Å². The molecule has 0 fully saturated rings. The molecule has 4 aromatic rings. The summed E-state index contributed by atoms with van der Waals surface area (Å²) in [6, 6.07) is 28.1. The molecule has 10 heteroatoms. The van der Waals surface area contributed by atoms with E-state index in [1.165, 1.54) is 36.2 Å². The van der Waals surface area contributed by atoms with Crippen molar-refractivity contribution in [1.29, 1.82) is 0 Å². The van der Waals surface area contributed by atoms with Crippen LogP contribution in [0.2, 0.25) is 10.0 Å². The first-order valence-corrected chi connectivity index (χ1v) is 15.4. The van der Waals surface area contributed by atoms with E-state index in [0.717, 1.165) is 9.87 Å². The molecule has 4 rings (SSSR count). The Kier molecular flexibility index (Phi) is 10.3. The van der Waals surface area contributed by atoms with Crippen LogP contribution in [0.1, 0.15) is 16.7 Å². The molecule has 1 atom stereocenters. The van der Waals surface area contributed by atoms with E-state index in [1.54, 1.807) is 55.5 Å². The van der Waals surface area contributed by atoms with Gasteiger partial charge in [-0.15, -0.1) is 0 Å². The Labute approximate surface area is 256 Å². The molecule has 0 saturated carbocycles. The summed E-state index contributed by atoms with van der Waals surface area (Å²) >= 11 is 12.3. The van der Waals surface area contributed by atoms with E-state index in [1.807, 2.05) is 30.3 Å². The molecule has 4 aromatic carbocycles. The first-order valence-electron chi connectivity index (χ1n) is 13.2. The molecule has 1 unspecified atom stereocenters. The maximum Gasteiger partial charge on any atom is 0.264 e. The molecule has 218 valence electrons. The summed E-state index contributed by atoms with van der Waals surface area (Å²) in [6.07, 6.45) is 0.223. The number of benzene rings is 4. The second kappa shape index (κ2) is 13.9. The molecule has 2 amide bonds. The molecule has 42 heavy (non-hydrogen) atoms. The Bertz CT molecular complexity index is 1650. The van der Waals surface area contributed by atoms with Gasteiger partial charge < -0.3 is 10.2 Å². The number of carbonyl (C=O) groups excluding carboxylic acids is 2.